The smallest absolute Gasteiger partial charge is 0.406 e. The lowest BCUT2D eigenvalue weighted by molar-refractivity contribution is -0.274. The van der Waals surface area contributed by atoms with Gasteiger partial charge in [0, 0.05) is 11.1 Å². The van der Waals surface area contributed by atoms with E-state index in [0.29, 0.717) is 16.8 Å². The van der Waals surface area contributed by atoms with Gasteiger partial charge in [-0.15, -0.1) is 13.2 Å². The van der Waals surface area contributed by atoms with Gasteiger partial charge in [0.2, 0.25) is 0 Å². The number of carbonyl (C=O) groups is 1. The molecule has 0 aliphatic carbocycles. The number of carbonyl (C=O) groups excluding carboxylic acids is 1. The number of alkyl halides is 3. The van der Waals surface area contributed by atoms with E-state index in [1.54, 1.807) is 29.2 Å². The van der Waals surface area contributed by atoms with Crippen LogP contribution in [0.3, 0.4) is 0 Å². The fourth-order valence-electron chi connectivity index (χ4n) is 4.78. The van der Waals surface area contributed by atoms with E-state index in [0.717, 1.165) is 38.6 Å². The highest BCUT2D eigenvalue weighted by Crippen LogP contribution is 2.31. The Morgan fingerprint density at radius 2 is 1.81 bits per heavy atom. The molecule has 1 aliphatic rings. The first-order valence-corrected chi connectivity index (χ1v) is 14.1. The summed E-state index contributed by atoms with van der Waals surface area (Å²) >= 11 is 1.36. The summed E-state index contributed by atoms with van der Waals surface area (Å²) in [6, 6.07) is 23.2. The maximum Gasteiger partial charge on any atom is 0.573 e. The highest BCUT2D eigenvalue weighted by molar-refractivity contribution is 8.15. The zero-order valence-corrected chi connectivity index (χ0v) is 23.4. The van der Waals surface area contributed by atoms with Crippen molar-refractivity contribution in [2.24, 2.45) is 10.1 Å². The fraction of sp³-hybridized carbons (Fsp3) is 0.161. The summed E-state index contributed by atoms with van der Waals surface area (Å²) in [5.74, 6) is 0.140. The van der Waals surface area contributed by atoms with Gasteiger partial charge in [0.25, 0.3) is 5.91 Å². The summed E-state index contributed by atoms with van der Waals surface area (Å²) < 4.78 is 43.3. The molecule has 6 rings (SSSR count). The molecule has 0 bridgehead atoms. The molecule has 1 fully saturated rings. The predicted octanol–water partition coefficient (Wildman–Crippen LogP) is 7.80. The zero-order valence-electron chi connectivity index (χ0n) is 22.5. The Kier molecular flexibility index (Phi) is 7.19. The lowest BCUT2D eigenvalue weighted by Crippen LogP contribution is -2.23. The van der Waals surface area contributed by atoms with Crippen molar-refractivity contribution in [3.8, 4) is 11.4 Å². The topological polar surface area (TPSA) is 72.1 Å². The average Bonchev–Trinajstić information content (AvgIpc) is 3.55. The molecule has 0 radical (unpaired) electrons. The van der Waals surface area contributed by atoms with E-state index in [4.69, 9.17) is 4.99 Å². The van der Waals surface area contributed by atoms with Crippen LogP contribution in [-0.4, -0.2) is 44.0 Å². The van der Waals surface area contributed by atoms with E-state index in [9.17, 15) is 18.0 Å². The van der Waals surface area contributed by atoms with Gasteiger partial charge in [0.1, 0.15) is 12.1 Å². The quantitative estimate of drug-likeness (QED) is 0.190. The van der Waals surface area contributed by atoms with E-state index in [1.807, 2.05) is 54.6 Å². The van der Waals surface area contributed by atoms with E-state index >= 15 is 0 Å². The van der Waals surface area contributed by atoms with Crippen molar-refractivity contribution in [1.29, 1.82) is 0 Å². The number of amides is 1. The maximum atomic E-state index is 12.6. The van der Waals surface area contributed by atoms with Gasteiger partial charge in [-0.3, -0.25) is 9.36 Å². The van der Waals surface area contributed by atoms with Crippen LogP contribution in [0.15, 0.2) is 95.3 Å². The van der Waals surface area contributed by atoms with Crippen LogP contribution in [-0.2, 0) is 4.79 Å². The number of halogens is 3. The van der Waals surface area contributed by atoms with Gasteiger partial charge in [0.15, 0.2) is 5.17 Å². The molecule has 42 heavy (non-hydrogen) atoms. The first kappa shape index (κ1) is 27.5. The Morgan fingerprint density at radius 1 is 1.02 bits per heavy atom. The molecule has 1 aliphatic heterocycles. The Bertz CT molecular complexity index is 1860. The van der Waals surface area contributed by atoms with Gasteiger partial charge in [-0.25, -0.2) is 9.98 Å². The lowest BCUT2D eigenvalue weighted by Gasteiger charge is -2.12. The van der Waals surface area contributed by atoms with Gasteiger partial charge in [-0.1, -0.05) is 62.0 Å². The number of hydrazone groups is 1. The van der Waals surface area contributed by atoms with Crippen LogP contribution < -0.4 is 4.74 Å². The van der Waals surface area contributed by atoms with Crippen LogP contribution in [0.4, 0.5) is 18.9 Å². The number of rotatable bonds is 6. The highest BCUT2D eigenvalue weighted by atomic mass is 32.2. The number of hydrogen-bond donors (Lipinski definition) is 0. The molecular formula is C31H24F3N5O2S. The molecule has 5 aromatic rings. The molecule has 2 heterocycles. The molecule has 0 spiro atoms. The van der Waals surface area contributed by atoms with Crippen molar-refractivity contribution in [3.05, 3.63) is 96.3 Å². The summed E-state index contributed by atoms with van der Waals surface area (Å²) in [6.07, 6.45) is -1.47. The van der Waals surface area contributed by atoms with Crippen LogP contribution in [0.5, 0.6) is 5.75 Å². The Labute approximate surface area is 243 Å². The average molecular weight is 588 g/mol. The summed E-state index contributed by atoms with van der Waals surface area (Å²) in [7, 11) is 0. The number of aliphatic imine (C=N–C) groups is 1. The molecule has 0 saturated carbocycles. The molecule has 7 nitrogen and oxygen atoms in total. The molecule has 0 N–H and O–H groups in total. The molecule has 1 amide bonds. The Balaban J connectivity index is 1.26. The summed E-state index contributed by atoms with van der Waals surface area (Å²) in [5.41, 5.74) is 4.92. The van der Waals surface area contributed by atoms with E-state index in [-0.39, 0.29) is 17.4 Å². The van der Waals surface area contributed by atoms with E-state index < -0.39 is 6.36 Å². The number of fused-ring (bicyclic) bond motifs is 3. The predicted molar refractivity (Wildman–Crippen MR) is 160 cm³/mol. The molecule has 1 aromatic heterocycles. The minimum atomic E-state index is -4.75. The molecule has 212 valence electrons. The van der Waals surface area contributed by atoms with Crippen LogP contribution in [0.2, 0.25) is 0 Å². The number of benzene rings is 4. The number of ether oxygens (including phenoxy) is 1. The van der Waals surface area contributed by atoms with Crippen LogP contribution in [0.1, 0.15) is 30.9 Å². The molecule has 1 saturated heterocycles. The number of nitrogens with zero attached hydrogens (tertiary/aromatic N) is 5. The first-order valence-electron chi connectivity index (χ1n) is 13.1. The number of thioether (sulfide) groups is 1. The maximum absolute atomic E-state index is 12.6. The number of aromatic nitrogens is 2. The van der Waals surface area contributed by atoms with E-state index in [2.05, 4.69) is 28.7 Å². The van der Waals surface area contributed by atoms with Crippen LogP contribution in [0, 0.1) is 0 Å². The van der Waals surface area contributed by atoms with E-state index in [1.165, 1.54) is 28.9 Å². The van der Waals surface area contributed by atoms with Crippen LogP contribution >= 0.6 is 11.8 Å². The third-order valence-corrected chi connectivity index (χ3v) is 7.66. The van der Waals surface area contributed by atoms with Crippen molar-refractivity contribution in [3.63, 3.8) is 0 Å². The van der Waals surface area contributed by atoms with Crippen molar-refractivity contribution >= 4 is 56.5 Å². The SMILES string of the molecule is CC(C)c1ccccc1/N=C1\SCC(=O)N1/N=C/c1ccc2c(ccc3c2ncn3-c2ccc(OC(F)(F)F)cc2)c1. The number of amidine groups is 1. The minimum absolute atomic E-state index is 0.136. The fourth-order valence-corrected chi connectivity index (χ4v) is 5.59. The zero-order chi connectivity index (χ0) is 29.4. The summed E-state index contributed by atoms with van der Waals surface area (Å²) in [6.45, 7) is 4.21. The molecule has 0 atom stereocenters. The second kappa shape index (κ2) is 11.0. The van der Waals surface area contributed by atoms with Gasteiger partial charge in [-0.2, -0.15) is 10.1 Å². The number of hydrogen-bond acceptors (Lipinski definition) is 6. The van der Waals surface area contributed by atoms with Gasteiger partial charge in [-0.05, 0) is 64.9 Å². The summed E-state index contributed by atoms with van der Waals surface area (Å²) in [5, 5.41) is 8.19. The Hall–Kier alpha value is -4.64. The normalized spacial score (nSPS) is 15.2. The van der Waals surface area contributed by atoms with Crippen molar-refractivity contribution in [2.75, 3.05) is 5.75 Å². The largest absolute Gasteiger partial charge is 0.573 e. The standard InChI is InChI=1S/C31H24F3N5O2S/c1-19(2)24-5-3-4-6-26(24)37-30-39(28(40)17-42-30)36-16-20-7-13-25-21(15-20)8-14-27-29(25)35-18-38(27)22-9-11-23(12-10-22)41-31(32,33)34/h3-16,18-19H,17H2,1-2H3/b36-16+,37-30-. The van der Waals surface area contributed by atoms with Gasteiger partial charge < -0.3 is 4.74 Å². The van der Waals surface area contributed by atoms with Crippen molar-refractivity contribution in [1.82, 2.24) is 14.6 Å². The number of para-hydroxylation sites is 1. The molecular weight excluding hydrogens is 563 g/mol. The second-order valence-corrected chi connectivity index (χ2v) is 10.9. The third-order valence-electron chi connectivity index (χ3n) is 6.74. The molecule has 4 aromatic carbocycles. The second-order valence-electron chi connectivity index (χ2n) is 9.92. The molecule has 11 heteroatoms. The van der Waals surface area contributed by atoms with Crippen LogP contribution in [0.25, 0.3) is 27.5 Å². The van der Waals surface area contributed by atoms with Gasteiger partial charge in [0.05, 0.1) is 28.7 Å². The van der Waals surface area contributed by atoms with Gasteiger partial charge >= 0.3 is 6.36 Å². The van der Waals surface area contributed by atoms with Crippen molar-refractivity contribution < 1.29 is 22.7 Å². The lowest BCUT2D eigenvalue weighted by atomic mass is 10.0. The number of imidazole rings is 1. The monoisotopic (exact) mass is 587 g/mol. The summed E-state index contributed by atoms with van der Waals surface area (Å²) in [4.78, 5) is 21.9. The van der Waals surface area contributed by atoms with Crippen molar-refractivity contribution in [2.45, 2.75) is 26.1 Å². The molecule has 0 unspecified atom stereocenters. The minimum Gasteiger partial charge on any atom is -0.406 e. The highest BCUT2D eigenvalue weighted by Gasteiger charge is 2.31. The first-order chi connectivity index (χ1) is 20.2. The third kappa shape index (κ3) is 5.60. The Morgan fingerprint density at radius 3 is 2.57 bits per heavy atom.